The zero-order valence-electron chi connectivity index (χ0n) is 27.8. The molecule has 0 radical (unpaired) electrons. The van der Waals surface area contributed by atoms with E-state index in [2.05, 4.69) is 0 Å². The number of aliphatic hydroxyl groups is 1. The number of amides is 3. The Balaban J connectivity index is 1.23. The number of anilines is 2. The molecule has 0 saturated carbocycles. The normalized spacial score (nSPS) is 26.5. The SMILES string of the molecule is COc1ccc2c(c1)[C@]1(O[C@@H](CC(=O)N3Cc4ccccc4C[C@H]3CO)[C@H]([Si](C)(C)F)[C@H]1C)C(=O)N2Cc1cccc(N2CCC2=O)c1. The van der Waals surface area contributed by atoms with Crippen molar-refractivity contribution in [3.05, 3.63) is 89.0 Å². The van der Waals surface area contributed by atoms with Crippen molar-refractivity contribution in [1.82, 2.24) is 4.90 Å². The van der Waals surface area contributed by atoms with E-state index < -0.39 is 37.6 Å². The van der Waals surface area contributed by atoms with Crippen LogP contribution in [0.3, 0.4) is 0 Å². The minimum Gasteiger partial charge on any atom is -0.497 e. The van der Waals surface area contributed by atoms with Crippen LogP contribution in [-0.4, -0.2) is 68.5 Å². The molecular weight excluding hydrogens is 630 g/mol. The quantitative estimate of drug-likeness (QED) is 0.204. The molecule has 3 amide bonds. The number of aliphatic hydroxyl groups excluding tert-OH is 1. The summed E-state index contributed by atoms with van der Waals surface area (Å²) >= 11 is 0. The second-order valence-corrected chi connectivity index (χ2v) is 17.8. The largest absolute Gasteiger partial charge is 0.497 e. The molecule has 48 heavy (non-hydrogen) atoms. The highest BCUT2D eigenvalue weighted by Crippen LogP contribution is 2.61. The van der Waals surface area contributed by atoms with Crippen LogP contribution in [-0.2, 0) is 44.2 Å². The summed E-state index contributed by atoms with van der Waals surface area (Å²) in [5.74, 6) is -0.500. The van der Waals surface area contributed by atoms with E-state index in [1.807, 2.05) is 61.5 Å². The van der Waals surface area contributed by atoms with E-state index in [-0.39, 0.29) is 37.3 Å². The van der Waals surface area contributed by atoms with Crippen LogP contribution in [0.1, 0.15) is 42.0 Å². The molecule has 0 aromatic heterocycles. The zero-order chi connectivity index (χ0) is 34.0. The van der Waals surface area contributed by atoms with Gasteiger partial charge in [0, 0.05) is 42.2 Å². The summed E-state index contributed by atoms with van der Waals surface area (Å²) in [6.45, 7) is 6.16. The van der Waals surface area contributed by atoms with Crippen LogP contribution < -0.4 is 14.5 Å². The van der Waals surface area contributed by atoms with Crippen molar-refractivity contribution in [2.24, 2.45) is 5.92 Å². The third-order valence-corrected chi connectivity index (χ3v) is 13.3. The van der Waals surface area contributed by atoms with Gasteiger partial charge in [-0.25, -0.2) is 0 Å². The summed E-state index contributed by atoms with van der Waals surface area (Å²) in [4.78, 5) is 46.1. The molecule has 11 heteroatoms. The number of nitrogens with zero attached hydrogens (tertiary/aromatic N) is 3. The number of ether oxygens (including phenoxy) is 2. The van der Waals surface area contributed by atoms with E-state index in [4.69, 9.17) is 9.47 Å². The number of carbonyl (C=O) groups is 3. The van der Waals surface area contributed by atoms with Gasteiger partial charge in [0.1, 0.15) is 5.75 Å². The molecule has 4 aliphatic heterocycles. The Bertz CT molecular complexity index is 1780. The van der Waals surface area contributed by atoms with E-state index in [1.165, 1.54) is 0 Å². The number of rotatable bonds is 8. The lowest BCUT2D eigenvalue weighted by Gasteiger charge is -2.37. The average molecular weight is 672 g/mol. The first kappa shape index (κ1) is 32.5. The first-order chi connectivity index (χ1) is 23.0. The summed E-state index contributed by atoms with van der Waals surface area (Å²) in [6.07, 6.45) is 0.102. The molecule has 7 rings (SSSR count). The van der Waals surface area contributed by atoms with Crippen molar-refractivity contribution in [2.45, 2.75) is 75.7 Å². The van der Waals surface area contributed by atoms with Gasteiger partial charge in [0.2, 0.25) is 20.2 Å². The van der Waals surface area contributed by atoms with Gasteiger partial charge in [0.25, 0.3) is 5.91 Å². The van der Waals surface area contributed by atoms with E-state index in [0.717, 1.165) is 22.4 Å². The first-order valence-corrected chi connectivity index (χ1v) is 19.7. The van der Waals surface area contributed by atoms with E-state index >= 15 is 4.11 Å². The Labute approximate surface area is 281 Å². The fourth-order valence-electron chi connectivity index (χ4n) is 8.44. The van der Waals surface area contributed by atoms with E-state index in [1.54, 1.807) is 47.0 Å². The molecule has 3 aromatic rings. The van der Waals surface area contributed by atoms with Gasteiger partial charge < -0.3 is 33.4 Å². The minimum absolute atomic E-state index is 0.0673. The molecule has 0 unspecified atom stereocenters. The fourth-order valence-corrected chi connectivity index (χ4v) is 10.9. The number of benzene rings is 3. The maximum Gasteiger partial charge on any atom is 0.264 e. The molecule has 1 spiro atoms. The number of halogens is 1. The molecule has 3 aromatic carbocycles. The van der Waals surface area contributed by atoms with Crippen molar-refractivity contribution in [3.63, 3.8) is 0 Å². The highest BCUT2D eigenvalue weighted by atomic mass is 28.4. The zero-order valence-corrected chi connectivity index (χ0v) is 28.8. The summed E-state index contributed by atoms with van der Waals surface area (Å²) in [6, 6.07) is 20.5. The van der Waals surface area contributed by atoms with Gasteiger partial charge in [-0.2, -0.15) is 0 Å². The van der Waals surface area contributed by atoms with E-state index in [0.29, 0.717) is 42.9 Å². The maximum absolute atomic E-state index is 16.5. The topological polar surface area (TPSA) is 99.6 Å². The van der Waals surface area contributed by atoms with Crippen LogP contribution >= 0.6 is 0 Å². The van der Waals surface area contributed by atoms with Gasteiger partial charge >= 0.3 is 0 Å². The third kappa shape index (κ3) is 5.23. The van der Waals surface area contributed by atoms with Crippen LogP contribution in [0.5, 0.6) is 5.75 Å². The molecule has 0 bridgehead atoms. The number of fused-ring (bicyclic) bond motifs is 3. The van der Waals surface area contributed by atoms with Crippen LogP contribution in [0.2, 0.25) is 18.6 Å². The Hall–Kier alpha value is -4.06. The average Bonchev–Trinajstić information content (AvgIpc) is 3.49. The second-order valence-electron chi connectivity index (χ2n) is 14.0. The van der Waals surface area contributed by atoms with Gasteiger partial charge in [-0.3, -0.25) is 14.4 Å². The molecule has 252 valence electrons. The Morgan fingerprint density at radius 2 is 1.85 bits per heavy atom. The minimum atomic E-state index is -3.52. The molecule has 2 fully saturated rings. The summed E-state index contributed by atoms with van der Waals surface area (Å²) in [5, 5.41) is 10.2. The van der Waals surface area contributed by atoms with Gasteiger partial charge in [-0.15, -0.1) is 0 Å². The molecule has 1 N–H and O–H groups in total. The smallest absolute Gasteiger partial charge is 0.264 e. The standard InChI is InChI=1S/C37H42FN3O6Si/c1-23-35(48(3,4)38)32(19-34(44)40-21-26-10-6-5-9-25(26)17-28(40)22-42)47-37(23)30-18-29(46-2)12-13-31(30)41(36(37)45)20-24-8-7-11-27(16-24)39-15-14-33(39)43/h5-13,16,18,23,28,32,35,42H,14-15,17,19-22H2,1-4H3/t23-,28+,32+,35-,37+/m1/s1. The number of hydrogen-bond acceptors (Lipinski definition) is 6. The molecule has 4 aliphatic rings. The molecular formula is C37H42FN3O6Si. The number of β-lactam (4-membered cyclic amide) rings is 1. The summed E-state index contributed by atoms with van der Waals surface area (Å²) in [7, 11) is -1.96. The van der Waals surface area contributed by atoms with Crippen LogP contribution in [0.4, 0.5) is 15.5 Å². The van der Waals surface area contributed by atoms with Crippen molar-refractivity contribution in [1.29, 1.82) is 0 Å². The van der Waals surface area contributed by atoms with Crippen molar-refractivity contribution < 1.29 is 33.1 Å². The summed E-state index contributed by atoms with van der Waals surface area (Å²) < 4.78 is 28.9. The van der Waals surface area contributed by atoms with Gasteiger partial charge in [0.15, 0.2) is 5.60 Å². The molecule has 2 saturated heterocycles. The van der Waals surface area contributed by atoms with Crippen molar-refractivity contribution in [3.8, 4) is 5.75 Å². The Morgan fingerprint density at radius 3 is 2.52 bits per heavy atom. The highest BCUT2D eigenvalue weighted by Gasteiger charge is 2.67. The van der Waals surface area contributed by atoms with Crippen LogP contribution in [0.15, 0.2) is 66.7 Å². The maximum atomic E-state index is 16.5. The van der Waals surface area contributed by atoms with Crippen LogP contribution in [0.25, 0.3) is 0 Å². The van der Waals surface area contributed by atoms with E-state index in [9.17, 15) is 19.5 Å². The highest BCUT2D eigenvalue weighted by molar-refractivity contribution is 6.72. The Morgan fingerprint density at radius 1 is 1.08 bits per heavy atom. The fraction of sp³-hybridized carbons (Fsp3) is 0.432. The van der Waals surface area contributed by atoms with Crippen molar-refractivity contribution >= 4 is 37.5 Å². The predicted octanol–water partition coefficient (Wildman–Crippen LogP) is 5.09. The second kappa shape index (κ2) is 12.1. The molecule has 5 atom stereocenters. The lowest BCUT2D eigenvalue weighted by Crippen LogP contribution is -2.48. The molecule has 4 heterocycles. The van der Waals surface area contributed by atoms with Crippen molar-refractivity contribution in [2.75, 3.05) is 30.1 Å². The predicted molar refractivity (Wildman–Crippen MR) is 182 cm³/mol. The Kier molecular flexibility index (Phi) is 8.20. The van der Waals surface area contributed by atoms with Gasteiger partial charge in [-0.1, -0.05) is 43.3 Å². The molecule has 0 aliphatic carbocycles. The van der Waals surface area contributed by atoms with Gasteiger partial charge in [0.05, 0.1) is 44.5 Å². The monoisotopic (exact) mass is 671 g/mol. The number of carbonyl (C=O) groups excluding carboxylic acids is 3. The summed E-state index contributed by atoms with van der Waals surface area (Å²) in [5.41, 5.74) is 2.83. The molecule has 9 nitrogen and oxygen atoms in total. The first-order valence-electron chi connectivity index (χ1n) is 16.7. The number of methoxy groups -OCH3 is 1. The lowest BCUT2D eigenvalue weighted by molar-refractivity contribution is -0.151. The van der Waals surface area contributed by atoms with Gasteiger partial charge in [-0.05, 0) is 66.5 Å². The lowest BCUT2D eigenvalue weighted by atomic mass is 9.82. The number of hydrogen-bond donors (Lipinski definition) is 1. The third-order valence-electron chi connectivity index (χ3n) is 10.8. The van der Waals surface area contributed by atoms with Crippen LogP contribution in [0, 0.1) is 5.92 Å².